The summed E-state index contributed by atoms with van der Waals surface area (Å²) in [4.78, 5) is 29.2. The van der Waals surface area contributed by atoms with E-state index < -0.39 is 5.54 Å². The number of carbonyl (C=O) groups excluding carboxylic acids is 2. The summed E-state index contributed by atoms with van der Waals surface area (Å²) in [5.41, 5.74) is 0.281. The summed E-state index contributed by atoms with van der Waals surface area (Å²) in [6, 6.07) is 5.70. The SMILES string of the molecule is CCOCCCN1C(=O)c2cc3c(OC)ccc(OC)c3n2C[C@]1(C)C(=O)NC1CCCC1. The highest BCUT2D eigenvalue weighted by molar-refractivity contribution is 6.05. The quantitative estimate of drug-likeness (QED) is 0.584. The molecule has 2 heterocycles. The standard InChI is InChI=1S/C25H35N3O5/c1-5-33-14-8-13-28-23(29)19-15-18-20(31-3)11-12-21(32-4)22(18)27(19)16-25(28,2)24(30)26-17-9-6-7-10-17/h11-12,15,17H,5-10,13-14,16H2,1-4H3,(H,26,30)/t25-/m1/s1. The number of aromatic nitrogens is 1. The first kappa shape index (κ1) is 23.4. The van der Waals surface area contributed by atoms with Crippen LogP contribution in [0.5, 0.6) is 11.5 Å². The van der Waals surface area contributed by atoms with Crippen LogP contribution in [0.1, 0.15) is 56.4 Å². The summed E-state index contributed by atoms with van der Waals surface area (Å²) < 4.78 is 18.6. The van der Waals surface area contributed by atoms with E-state index in [0.29, 0.717) is 49.9 Å². The highest BCUT2D eigenvalue weighted by Gasteiger charge is 2.48. The van der Waals surface area contributed by atoms with Crippen LogP contribution in [-0.4, -0.2) is 66.8 Å². The van der Waals surface area contributed by atoms with Gasteiger partial charge in [0.1, 0.15) is 22.7 Å². The molecule has 8 nitrogen and oxygen atoms in total. The normalized spacial score (nSPS) is 20.8. The second-order valence-electron chi connectivity index (χ2n) is 9.08. The molecule has 1 atom stereocenters. The zero-order valence-electron chi connectivity index (χ0n) is 20.1. The third kappa shape index (κ3) is 4.16. The van der Waals surface area contributed by atoms with E-state index in [0.717, 1.165) is 36.6 Å². The minimum atomic E-state index is -1.03. The van der Waals surface area contributed by atoms with Gasteiger partial charge in [-0.3, -0.25) is 9.59 Å². The summed E-state index contributed by atoms with van der Waals surface area (Å²) in [6.07, 6.45) is 4.90. The molecule has 1 N–H and O–H groups in total. The second kappa shape index (κ2) is 9.63. The van der Waals surface area contributed by atoms with Gasteiger partial charge in [0.15, 0.2) is 0 Å². The number of carbonyl (C=O) groups is 2. The summed E-state index contributed by atoms with van der Waals surface area (Å²) in [7, 11) is 3.22. The zero-order chi connectivity index (χ0) is 23.6. The molecule has 1 aliphatic heterocycles. The van der Waals surface area contributed by atoms with Gasteiger partial charge in [0.2, 0.25) is 5.91 Å². The molecule has 0 saturated heterocycles. The van der Waals surface area contributed by atoms with Crippen LogP contribution in [0.3, 0.4) is 0 Å². The number of methoxy groups -OCH3 is 2. The molecule has 8 heteroatoms. The third-order valence-corrected chi connectivity index (χ3v) is 7.00. The average molecular weight is 458 g/mol. The van der Waals surface area contributed by atoms with Crippen molar-refractivity contribution < 1.29 is 23.8 Å². The Hall–Kier alpha value is -2.74. The molecular weight excluding hydrogens is 422 g/mol. The Labute approximate surface area is 195 Å². The van der Waals surface area contributed by atoms with Gasteiger partial charge in [0.25, 0.3) is 5.91 Å². The predicted molar refractivity (Wildman–Crippen MR) is 126 cm³/mol. The van der Waals surface area contributed by atoms with Gasteiger partial charge in [-0.1, -0.05) is 12.8 Å². The van der Waals surface area contributed by atoms with E-state index in [1.54, 1.807) is 19.1 Å². The molecule has 1 aromatic carbocycles. The second-order valence-corrected chi connectivity index (χ2v) is 9.08. The lowest BCUT2D eigenvalue weighted by molar-refractivity contribution is -0.133. The van der Waals surface area contributed by atoms with Crippen LogP contribution >= 0.6 is 0 Å². The molecule has 0 bridgehead atoms. The number of rotatable bonds is 9. The number of benzene rings is 1. The molecule has 33 heavy (non-hydrogen) atoms. The topological polar surface area (TPSA) is 82.0 Å². The summed E-state index contributed by atoms with van der Waals surface area (Å²) >= 11 is 0. The number of ether oxygens (including phenoxy) is 3. The van der Waals surface area contributed by atoms with Gasteiger partial charge in [-0.05, 0) is 51.3 Å². The Balaban J connectivity index is 1.77. The van der Waals surface area contributed by atoms with Crippen LogP contribution in [0.4, 0.5) is 0 Å². The number of fused-ring (bicyclic) bond motifs is 3. The first-order valence-electron chi connectivity index (χ1n) is 11.9. The van der Waals surface area contributed by atoms with Gasteiger partial charge >= 0.3 is 0 Å². The number of hydrogen-bond donors (Lipinski definition) is 1. The Morgan fingerprint density at radius 2 is 1.88 bits per heavy atom. The van der Waals surface area contributed by atoms with E-state index in [4.69, 9.17) is 14.2 Å². The predicted octanol–water partition coefficient (Wildman–Crippen LogP) is 3.36. The number of nitrogens with one attached hydrogen (secondary N) is 1. The fraction of sp³-hybridized carbons (Fsp3) is 0.600. The van der Waals surface area contributed by atoms with Crippen LogP contribution in [0.15, 0.2) is 18.2 Å². The fourth-order valence-corrected chi connectivity index (χ4v) is 5.19. The molecule has 2 aromatic rings. The van der Waals surface area contributed by atoms with Crippen molar-refractivity contribution in [3.63, 3.8) is 0 Å². The molecule has 2 amide bonds. The molecular formula is C25H35N3O5. The van der Waals surface area contributed by atoms with Crippen molar-refractivity contribution in [2.45, 2.75) is 64.1 Å². The molecule has 180 valence electrons. The van der Waals surface area contributed by atoms with Crippen molar-refractivity contribution in [3.05, 3.63) is 23.9 Å². The zero-order valence-corrected chi connectivity index (χ0v) is 20.1. The van der Waals surface area contributed by atoms with E-state index in [2.05, 4.69) is 5.32 Å². The van der Waals surface area contributed by atoms with Crippen molar-refractivity contribution in [2.75, 3.05) is 34.0 Å². The van der Waals surface area contributed by atoms with Gasteiger partial charge < -0.3 is 29.0 Å². The van der Waals surface area contributed by atoms with Gasteiger partial charge in [-0.15, -0.1) is 0 Å². The molecule has 0 spiro atoms. The minimum absolute atomic E-state index is 0.103. The van der Waals surface area contributed by atoms with Crippen molar-refractivity contribution in [1.82, 2.24) is 14.8 Å². The molecule has 1 aromatic heterocycles. The van der Waals surface area contributed by atoms with Crippen molar-refractivity contribution in [3.8, 4) is 11.5 Å². The fourth-order valence-electron chi connectivity index (χ4n) is 5.19. The number of hydrogen-bond acceptors (Lipinski definition) is 5. The van der Waals surface area contributed by atoms with E-state index >= 15 is 0 Å². The van der Waals surface area contributed by atoms with Gasteiger partial charge in [0, 0.05) is 31.2 Å². The molecule has 2 aliphatic rings. The maximum atomic E-state index is 13.8. The highest BCUT2D eigenvalue weighted by atomic mass is 16.5. The lowest BCUT2D eigenvalue weighted by Gasteiger charge is -2.44. The highest BCUT2D eigenvalue weighted by Crippen LogP contribution is 2.40. The number of amides is 2. The lowest BCUT2D eigenvalue weighted by Crippen LogP contribution is -2.65. The molecule has 1 fully saturated rings. The Morgan fingerprint density at radius 3 is 2.55 bits per heavy atom. The van der Waals surface area contributed by atoms with E-state index in [1.807, 2.05) is 36.6 Å². The van der Waals surface area contributed by atoms with Gasteiger partial charge in [-0.2, -0.15) is 0 Å². The largest absolute Gasteiger partial charge is 0.496 e. The smallest absolute Gasteiger partial charge is 0.271 e. The third-order valence-electron chi connectivity index (χ3n) is 7.00. The van der Waals surface area contributed by atoms with Gasteiger partial charge in [0.05, 0.1) is 26.3 Å². The Kier molecular flexibility index (Phi) is 6.83. The first-order valence-corrected chi connectivity index (χ1v) is 11.9. The Morgan fingerprint density at radius 1 is 1.18 bits per heavy atom. The van der Waals surface area contributed by atoms with Crippen LogP contribution in [0.25, 0.3) is 10.9 Å². The first-order chi connectivity index (χ1) is 15.9. The molecule has 4 rings (SSSR count). The minimum Gasteiger partial charge on any atom is -0.496 e. The van der Waals surface area contributed by atoms with Crippen molar-refractivity contribution in [1.29, 1.82) is 0 Å². The maximum absolute atomic E-state index is 13.8. The number of nitrogens with zero attached hydrogens (tertiary/aromatic N) is 2. The van der Waals surface area contributed by atoms with Crippen LogP contribution < -0.4 is 14.8 Å². The van der Waals surface area contributed by atoms with E-state index in [1.165, 1.54) is 0 Å². The Bertz CT molecular complexity index is 1030. The average Bonchev–Trinajstić information content (AvgIpc) is 3.46. The van der Waals surface area contributed by atoms with Gasteiger partial charge in [-0.25, -0.2) is 0 Å². The monoisotopic (exact) mass is 457 g/mol. The van der Waals surface area contributed by atoms with E-state index in [-0.39, 0.29) is 17.9 Å². The molecule has 1 aliphatic carbocycles. The van der Waals surface area contributed by atoms with E-state index in [9.17, 15) is 9.59 Å². The molecule has 0 unspecified atom stereocenters. The lowest BCUT2D eigenvalue weighted by atomic mass is 9.93. The van der Waals surface area contributed by atoms with Crippen LogP contribution in [-0.2, 0) is 16.1 Å². The molecule has 0 radical (unpaired) electrons. The van der Waals surface area contributed by atoms with Crippen LogP contribution in [0, 0.1) is 0 Å². The van der Waals surface area contributed by atoms with Crippen LogP contribution in [0.2, 0.25) is 0 Å². The summed E-state index contributed by atoms with van der Waals surface area (Å²) in [5, 5.41) is 4.03. The summed E-state index contributed by atoms with van der Waals surface area (Å²) in [6.45, 7) is 5.78. The van der Waals surface area contributed by atoms with Crippen molar-refractivity contribution in [2.24, 2.45) is 0 Å². The maximum Gasteiger partial charge on any atom is 0.271 e. The summed E-state index contributed by atoms with van der Waals surface area (Å²) in [5.74, 6) is 1.05. The van der Waals surface area contributed by atoms with Crippen molar-refractivity contribution >= 4 is 22.7 Å². The molecule has 1 saturated carbocycles.